The lowest BCUT2D eigenvalue weighted by molar-refractivity contribution is -0.114. The Kier molecular flexibility index (Phi) is 8.68. The van der Waals surface area contributed by atoms with Gasteiger partial charge in [0.1, 0.15) is 12.4 Å². The molecule has 7 heteroatoms. The Morgan fingerprint density at radius 3 is 2.43 bits per heavy atom. The van der Waals surface area contributed by atoms with Crippen LogP contribution in [-0.4, -0.2) is 43.7 Å². The molecule has 7 nitrogen and oxygen atoms in total. The van der Waals surface area contributed by atoms with E-state index in [9.17, 15) is 9.59 Å². The highest BCUT2D eigenvalue weighted by molar-refractivity contribution is 5.96. The van der Waals surface area contributed by atoms with Crippen molar-refractivity contribution in [2.75, 3.05) is 37.0 Å². The number of hydrogen-bond donors (Lipinski definition) is 3. The second-order valence-corrected chi connectivity index (χ2v) is 7.76. The molecule has 0 atom stereocenters. The van der Waals surface area contributed by atoms with Crippen LogP contribution in [-0.2, 0) is 9.53 Å². The fourth-order valence-corrected chi connectivity index (χ4v) is 2.60. The molecule has 0 fully saturated rings. The average Bonchev–Trinajstić information content (AvgIpc) is 2.69. The summed E-state index contributed by atoms with van der Waals surface area (Å²) in [4.78, 5) is 24.6. The molecule has 3 N–H and O–H groups in total. The fraction of sp³-hybridized carbons (Fsp3) is 0.391. The van der Waals surface area contributed by atoms with Gasteiger partial charge in [0, 0.05) is 35.2 Å². The van der Waals surface area contributed by atoms with Crippen LogP contribution in [0.1, 0.15) is 38.1 Å². The Morgan fingerprint density at radius 2 is 1.70 bits per heavy atom. The van der Waals surface area contributed by atoms with Crippen LogP contribution in [0.25, 0.3) is 0 Å². The molecule has 30 heavy (non-hydrogen) atoms. The van der Waals surface area contributed by atoms with Crippen LogP contribution in [0.3, 0.4) is 0 Å². The molecular weight excluding hydrogens is 382 g/mol. The zero-order valence-electron chi connectivity index (χ0n) is 18.1. The molecule has 2 amide bonds. The summed E-state index contributed by atoms with van der Waals surface area (Å²) < 4.78 is 10.8. The highest BCUT2D eigenvalue weighted by Crippen LogP contribution is 2.17. The topological polar surface area (TPSA) is 88.7 Å². The van der Waals surface area contributed by atoms with Crippen LogP contribution >= 0.6 is 0 Å². The SMILES string of the molecule is CCOCCOc1cccc(NC(=O)CNc2cccc(C(=O)NC(C)(C)C)c2)c1. The zero-order chi connectivity index (χ0) is 22.0. The molecule has 0 saturated carbocycles. The quantitative estimate of drug-likeness (QED) is 0.517. The van der Waals surface area contributed by atoms with Crippen LogP contribution < -0.4 is 20.7 Å². The van der Waals surface area contributed by atoms with E-state index in [1.165, 1.54) is 0 Å². The minimum atomic E-state index is -0.318. The van der Waals surface area contributed by atoms with Gasteiger partial charge in [-0.2, -0.15) is 0 Å². The number of nitrogens with one attached hydrogen (secondary N) is 3. The predicted molar refractivity (Wildman–Crippen MR) is 119 cm³/mol. The van der Waals surface area contributed by atoms with E-state index in [0.717, 1.165) is 0 Å². The van der Waals surface area contributed by atoms with E-state index in [2.05, 4.69) is 16.0 Å². The Hall–Kier alpha value is -3.06. The van der Waals surface area contributed by atoms with E-state index < -0.39 is 0 Å². The Labute approximate surface area is 178 Å². The van der Waals surface area contributed by atoms with Crippen molar-refractivity contribution in [1.82, 2.24) is 5.32 Å². The van der Waals surface area contributed by atoms with Gasteiger partial charge in [-0.1, -0.05) is 12.1 Å². The maximum absolute atomic E-state index is 12.3. The number of benzene rings is 2. The lowest BCUT2D eigenvalue weighted by Crippen LogP contribution is -2.40. The summed E-state index contributed by atoms with van der Waals surface area (Å²) in [6, 6.07) is 14.3. The van der Waals surface area contributed by atoms with Gasteiger partial charge in [-0.25, -0.2) is 0 Å². The Morgan fingerprint density at radius 1 is 0.967 bits per heavy atom. The second-order valence-electron chi connectivity index (χ2n) is 7.76. The molecule has 0 spiro atoms. The summed E-state index contributed by atoms with van der Waals surface area (Å²) in [7, 11) is 0. The van der Waals surface area contributed by atoms with Gasteiger partial charge in [-0.05, 0) is 58.0 Å². The molecule has 0 aliphatic rings. The summed E-state index contributed by atoms with van der Waals surface area (Å²) in [6.07, 6.45) is 0. The highest BCUT2D eigenvalue weighted by atomic mass is 16.5. The maximum Gasteiger partial charge on any atom is 0.251 e. The van der Waals surface area contributed by atoms with Gasteiger partial charge in [-0.3, -0.25) is 9.59 Å². The lowest BCUT2D eigenvalue weighted by atomic mass is 10.1. The zero-order valence-corrected chi connectivity index (χ0v) is 18.1. The first kappa shape index (κ1) is 23.2. The van der Waals surface area contributed by atoms with Gasteiger partial charge in [0.05, 0.1) is 13.2 Å². The molecule has 0 aliphatic heterocycles. The number of rotatable bonds is 10. The van der Waals surface area contributed by atoms with Gasteiger partial charge in [0.25, 0.3) is 5.91 Å². The van der Waals surface area contributed by atoms with Crippen LogP contribution in [0.2, 0.25) is 0 Å². The van der Waals surface area contributed by atoms with Crippen molar-refractivity contribution in [3.63, 3.8) is 0 Å². The highest BCUT2D eigenvalue weighted by Gasteiger charge is 2.15. The first-order chi connectivity index (χ1) is 14.3. The van der Waals surface area contributed by atoms with Crippen molar-refractivity contribution in [3.8, 4) is 5.75 Å². The number of anilines is 2. The smallest absolute Gasteiger partial charge is 0.251 e. The van der Waals surface area contributed by atoms with Crippen LogP contribution in [0.15, 0.2) is 48.5 Å². The molecule has 0 heterocycles. The Bertz CT molecular complexity index is 846. The van der Waals surface area contributed by atoms with Gasteiger partial charge in [0.15, 0.2) is 0 Å². The van der Waals surface area contributed by atoms with Gasteiger partial charge < -0.3 is 25.4 Å². The first-order valence-corrected chi connectivity index (χ1v) is 10.0. The molecule has 0 radical (unpaired) electrons. The van der Waals surface area contributed by atoms with Crippen molar-refractivity contribution >= 4 is 23.2 Å². The molecule has 0 saturated heterocycles. The number of hydrogen-bond acceptors (Lipinski definition) is 5. The third-order valence-corrected chi connectivity index (χ3v) is 3.88. The molecule has 0 aliphatic carbocycles. The number of amides is 2. The number of ether oxygens (including phenoxy) is 2. The van der Waals surface area contributed by atoms with Crippen molar-refractivity contribution < 1.29 is 19.1 Å². The molecule has 162 valence electrons. The van der Waals surface area contributed by atoms with Crippen molar-refractivity contribution in [3.05, 3.63) is 54.1 Å². The standard InChI is InChI=1S/C23H31N3O4/c1-5-29-12-13-30-20-11-7-10-19(15-20)25-21(27)16-24-18-9-6-8-17(14-18)22(28)26-23(2,3)4/h6-11,14-15,24H,5,12-13,16H2,1-4H3,(H,25,27)(H,26,28). The minimum Gasteiger partial charge on any atom is -0.491 e. The predicted octanol–water partition coefficient (Wildman–Crippen LogP) is 3.68. The Balaban J connectivity index is 1.86. The van der Waals surface area contributed by atoms with E-state index in [4.69, 9.17) is 9.47 Å². The summed E-state index contributed by atoms with van der Waals surface area (Å²) in [6.45, 7) is 9.40. The molecule has 0 bridgehead atoms. The third-order valence-electron chi connectivity index (χ3n) is 3.88. The normalized spacial score (nSPS) is 10.9. The first-order valence-electron chi connectivity index (χ1n) is 10.0. The van der Waals surface area contributed by atoms with Crippen molar-refractivity contribution in [2.24, 2.45) is 0 Å². The lowest BCUT2D eigenvalue weighted by Gasteiger charge is -2.20. The fourth-order valence-electron chi connectivity index (χ4n) is 2.60. The van der Waals surface area contributed by atoms with Crippen LogP contribution in [0, 0.1) is 0 Å². The second kappa shape index (κ2) is 11.2. The molecule has 2 aromatic rings. The number of carbonyl (C=O) groups excluding carboxylic acids is 2. The monoisotopic (exact) mass is 413 g/mol. The van der Waals surface area contributed by atoms with Gasteiger partial charge >= 0.3 is 0 Å². The summed E-state index contributed by atoms with van der Waals surface area (Å²) in [5, 5.41) is 8.80. The number of carbonyl (C=O) groups is 2. The van der Waals surface area contributed by atoms with E-state index in [-0.39, 0.29) is 23.9 Å². The van der Waals surface area contributed by atoms with E-state index in [1.54, 1.807) is 30.3 Å². The van der Waals surface area contributed by atoms with Crippen LogP contribution in [0.5, 0.6) is 5.75 Å². The van der Waals surface area contributed by atoms with Gasteiger partial charge in [0.2, 0.25) is 5.91 Å². The molecule has 2 rings (SSSR count). The molecular formula is C23H31N3O4. The van der Waals surface area contributed by atoms with E-state index >= 15 is 0 Å². The summed E-state index contributed by atoms with van der Waals surface area (Å²) >= 11 is 0. The van der Waals surface area contributed by atoms with E-state index in [1.807, 2.05) is 45.9 Å². The minimum absolute atomic E-state index is 0.0692. The maximum atomic E-state index is 12.3. The van der Waals surface area contributed by atoms with Crippen molar-refractivity contribution in [1.29, 1.82) is 0 Å². The molecule has 0 aromatic heterocycles. The largest absolute Gasteiger partial charge is 0.491 e. The third kappa shape index (κ3) is 8.53. The summed E-state index contributed by atoms with van der Waals surface area (Å²) in [5.74, 6) is 0.306. The molecule has 2 aromatic carbocycles. The molecule has 0 unspecified atom stereocenters. The van der Waals surface area contributed by atoms with Gasteiger partial charge in [-0.15, -0.1) is 0 Å². The summed E-state index contributed by atoms with van der Waals surface area (Å²) in [5.41, 5.74) is 1.56. The van der Waals surface area contributed by atoms with Crippen LogP contribution in [0.4, 0.5) is 11.4 Å². The average molecular weight is 414 g/mol. The van der Waals surface area contributed by atoms with Crippen molar-refractivity contribution in [2.45, 2.75) is 33.2 Å². The van der Waals surface area contributed by atoms with E-state index in [0.29, 0.717) is 42.5 Å².